The lowest BCUT2D eigenvalue weighted by atomic mass is 9.95. The van der Waals surface area contributed by atoms with Gasteiger partial charge in [0.15, 0.2) is 0 Å². The lowest BCUT2D eigenvalue weighted by molar-refractivity contribution is 0.459. The minimum atomic E-state index is 0.393. The van der Waals surface area contributed by atoms with Gasteiger partial charge in [0.1, 0.15) is 5.75 Å². The van der Waals surface area contributed by atoms with Gasteiger partial charge in [0.25, 0.3) is 0 Å². The van der Waals surface area contributed by atoms with Gasteiger partial charge < -0.3 is 10.8 Å². The first-order valence-electron chi connectivity index (χ1n) is 4.73. The van der Waals surface area contributed by atoms with Gasteiger partial charge in [0.2, 0.25) is 0 Å². The molecule has 0 saturated carbocycles. The second-order valence-electron chi connectivity index (χ2n) is 3.39. The summed E-state index contributed by atoms with van der Waals surface area (Å²) in [6.45, 7) is 2.84. The normalized spacial score (nSPS) is 12.8. The Balaban J connectivity index is 2.65. The van der Waals surface area contributed by atoms with Gasteiger partial charge in [0.05, 0.1) is 0 Å². The van der Waals surface area contributed by atoms with Crippen molar-refractivity contribution in [3.05, 3.63) is 29.8 Å². The van der Waals surface area contributed by atoms with Gasteiger partial charge in [0, 0.05) is 0 Å². The molecule has 13 heavy (non-hydrogen) atoms. The number of rotatable bonds is 4. The van der Waals surface area contributed by atoms with Gasteiger partial charge in [-0.05, 0) is 36.9 Å². The van der Waals surface area contributed by atoms with Crippen molar-refractivity contribution in [1.82, 2.24) is 0 Å². The highest BCUT2D eigenvalue weighted by molar-refractivity contribution is 5.34. The molecule has 0 bridgehead atoms. The van der Waals surface area contributed by atoms with Crippen LogP contribution in [-0.2, 0) is 0 Å². The molecule has 0 amide bonds. The largest absolute Gasteiger partial charge is 0.508 e. The lowest BCUT2D eigenvalue weighted by Crippen LogP contribution is -2.02. The van der Waals surface area contributed by atoms with Crippen LogP contribution in [-0.4, -0.2) is 11.7 Å². The summed E-state index contributed by atoms with van der Waals surface area (Å²) in [4.78, 5) is 0. The summed E-state index contributed by atoms with van der Waals surface area (Å²) < 4.78 is 0. The van der Waals surface area contributed by atoms with E-state index in [1.165, 1.54) is 0 Å². The van der Waals surface area contributed by atoms with Crippen molar-refractivity contribution >= 4 is 0 Å². The summed E-state index contributed by atoms with van der Waals surface area (Å²) in [5, 5.41) is 9.55. The number of hydrogen-bond acceptors (Lipinski definition) is 2. The first-order chi connectivity index (χ1) is 6.25. The smallest absolute Gasteiger partial charge is 0.119 e. The highest BCUT2D eigenvalue weighted by atomic mass is 16.3. The van der Waals surface area contributed by atoms with E-state index in [9.17, 15) is 5.11 Å². The van der Waals surface area contributed by atoms with E-state index < -0.39 is 0 Å². The maximum Gasteiger partial charge on any atom is 0.119 e. The molecule has 0 spiro atoms. The Morgan fingerprint density at radius 2 is 2.08 bits per heavy atom. The molecule has 0 heterocycles. The van der Waals surface area contributed by atoms with E-state index in [1.807, 2.05) is 18.2 Å². The standard InChI is InChI=1S/C11H17NO/c1-9(5-4-8-12)10-6-2-3-7-11(10)13/h2-3,6-7,9,13H,4-5,8,12H2,1H3. The molecule has 0 saturated heterocycles. The first kappa shape index (κ1) is 10.1. The maximum absolute atomic E-state index is 9.55. The van der Waals surface area contributed by atoms with Crippen molar-refractivity contribution in [2.45, 2.75) is 25.7 Å². The van der Waals surface area contributed by atoms with E-state index in [0.29, 0.717) is 11.7 Å². The van der Waals surface area contributed by atoms with Crippen LogP contribution in [0.4, 0.5) is 0 Å². The number of para-hydroxylation sites is 1. The topological polar surface area (TPSA) is 46.2 Å². The van der Waals surface area contributed by atoms with E-state index in [-0.39, 0.29) is 0 Å². The van der Waals surface area contributed by atoms with Crippen LogP contribution in [0, 0.1) is 0 Å². The number of phenolic OH excluding ortho intramolecular Hbond substituents is 1. The molecular formula is C11H17NO. The molecule has 0 aliphatic heterocycles. The number of benzene rings is 1. The molecule has 2 heteroatoms. The Morgan fingerprint density at radius 3 is 2.69 bits per heavy atom. The molecule has 0 aliphatic rings. The minimum absolute atomic E-state index is 0.393. The van der Waals surface area contributed by atoms with Crippen LogP contribution < -0.4 is 5.73 Å². The van der Waals surface area contributed by atoms with Gasteiger partial charge in [-0.15, -0.1) is 0 Å². The SMILES string of the molecule is CC(CCCN)c1ccccc1O. The van der Waals surface area contributed by atoms with Gasteiger partial charge in [-0.1, -0.05) is 25.1 Å². The first-order valence-corrected chi connectivity index (χ1v) is 4.73. The van der Waals surface area contributed by atoms with Crippen LogP contribution in [0.3, 0.4) is 0 Å². The number of nitrogens with two attached hydrogens (primary N) is 1. The molecule has 0 aliphatic carbocycles. The van der Waals surface area contributed by atoms with Crippen molar-refractivity contribution in [3.63, 3.8) is 0 Å². The van der Waals surface area contributed by atoms with Gasteiger partial charge in [-0.3, -0.25) is 0 Å². The monoisotopic (exact) mass is 179 g/mol. The Morgan fingerprint density at radius 1 is 1.38 bits per heavy atom. The second kappa shape index (κ2) is 4.87. The summed E-state index contributed by atoms with van der Waals surface area (Å²) >= 11 is 0. The Bertz CT molecular complexity index is 260. The van der Waals surface area contributed by atoms with Crippen LogP contribution in [0.25, 0.3) is 0 Å². The molecule has 1 rings (SSSR count). The van der Waals surface area contributed by atoms with Crippen LogP contribution in [0.5, 0.6) is 5.75 Å². The van der Waals surface area contributed by atoms with E-state index in [0.717, 1.165) is 24.9 Å². The van der Waals surface area contributed by atoms with Gasteiger partial charge >= 0.3 is 0 Å². The molecule has 1 aromatic rings. The summed E-state index contributed by atoms with van der Waals surface area (Å²) in [5.74, 6) is 0.789. The van der Waals surface area contributed by atoms with Crippen molar-refractivity contribution in [2.24, 2.45) is 5.73 Å². The Hall–Kier alpha value is -1.02. The molecule has 0 fully saturated rings. The fourth-order valence-corrected chi connectivity index (χ4v) is 1.48. The van der Waals surface area contributed by atoms with Crippen molar-refractivity contribution in [3.8, 4) is 5.75 Å². The quantitative estimate of drug-likeness (QED) is 0.744. The van der Waals surface area contributed by atoms with Gasteiger partial charge in [-0.25, -0.2) is 0 Å². The fraction of sp³-hybridized carbons (Fsp3) is 0.455. The summed E-state index contributed by atoms with van der Waals surface area (Å²) in [5.41, 5.74) is 6.45. The third-order valence-corrected chi connectivity index (χ3v) is 2.31. The average Bonchev–Trinajstić information content (AvgIpc) is 2.15. The highest BCUT2D eigenvalue weighted by Crippen LogP contribution is 2.27. The highest BCUT2D eigenvalue weighted by Gasteiger charge is 2.08. The maximum atomic E-state index is 9.55. The van der Waals surface area contributed by atoms with E-state index in [2.05, 4.69) is 6.92 Å². The number of phenols is 1. The third-order valence-electron chi connectivity index (χ3n) is 2.31. The average molecular weight is 179 g/mol. The predicted molar refractivity (Wildman–Crippen MR) is 54.8 cm³/mol. The summed E-state index contributed by atoms with van der Waals surface area (Å²) in [7, 11) is 0. The lowest BCUT2D eigenvalue weighted by Gasteiger charge is -2.12. The molecule has 72 valence electrons. The molecule has 3 N–H and O–H groups in total. The van der Waals surface area contributed by atoms with Crippen molar-refractivity contribution in [1.29, 1.82) is 0 Å². The minimum Gasteiger partial charge on any atom is -0.508 e. The molecule has 1 aromatic carbocycles. The molecule has 0 radical (unpaired) electrons. The van der Waals surface area contributed by atoms with E-state index in [4.69, 9.17) is 5.73 Å². The van der Waals surface area contributed by atoms with Crippen LogP contribution in [0.2, 0.25) is 0 Å². The third kappa shape index (κ3) is 2.74. The summed E-state index contributed by atoms with van der Waals surface area (Å²) in [6.07, 6.45) is 2.05. The molecular weight excluding hydrogens is 162 g/mol. The van der Waals surface area contributed by atoms with E-state index >= 15 is 0 Å². The number of aromatic hydroxyl groups is 1. The Labute approximate surface area is 79.4 Å². The number of hydrogen-bond donors (Lipinski definition) is 2. The molecule has 0 aromatic heterocycles. The molecule has 2 nitrogen and oxygen atoms in total. The fourth-order valence-electron chi connectivity index (χ4n) is 1.48. The second-order valence-corrected chi connectivity index (χ2v) is 3.39. The van der Waals surface area contributed by atoms with Crippen LogP contribution in [0.1, 0.15) is 31.2 Å². The molecule has 1 atom stereocenters. The van der Waals surface area contributed by atoms with Crippen LogP contribution >= 0.6 is 0 Å². The zero-order valence-electron chi connectivity index (χ0n) is 8.03. The van der Waals surface area contributed by atoms with Gasteiger partial charge in [-0.2, -0.15) is 0 Å². The van der Waals surface area contributed by atoms with Crippen molar-refractivity contribution in [2.75, 3.05) is 6.54 Å². The zero-order valence-corrected chi connectivity index (χ0v) is 8.03. The van der Waals surface area contributed by atoms with E-state index in [1.54, 1.807) is 6.07 Å². The van der Waals surface area contributed by atoms with Crippen LogP contribution in [0.15, 0.2) is 24.3 Å². The predicted octanol–water partition coefficient (Wildman–Crippen LogP) is 2.23. The Kier molecular flexibility index (Phi) is 3.77. The van der Waals surface area contributed by atoms with Crippen molar-refractivity contribution < 1.29 is 5.11 Å². The zero-order chi connectivity index (χ0) is 9.68. The molecule has 1 unspecified atom stereocenters. The summed E-state index contributed by atoms with van der Waals surface area (Å²) in [6, 6.07) is 7.49.